The van der Waals surface area contributed by atoms with Crippen molar-refractivity contribution in [2.45, 2.75) is 6.92 Å². The molecular weight excluding hydrogens is 190 g/mol. The maximum absolute atomic E-state index is 13.2. The molecule has 0 spiro atoms. The molecule has 5 heteroatoms. The summed E-state index contributed by atoms with van der Waals surface area (Å²) in [5.74, 6) is -0.958. The summed E-state index contributed by atoms with van der Waals surface area (Å²) in [5, 5.41) is 7.18. The van der Waals surface area contributed by atoms with Crippen LogP contribution in [0.25, 0.3) is 11.5 Å². The standard InChI is InChI=1S/C9H6F2N2O/c1-5-12-13-9(14-5)7-3-2-6(10)4-8(7)11/h2-4H,1H3. The Morgan fingerprint density at radius 3 is 2.57 bits per heavy atom. The molecule has 0 aliphatic rings. The lowest BCUT2D eigenvalue weighted by Gasteiger charge is -1.96. The minimum atomic E-state index is -0.714. The Morgan fingerprint density at radius 1 is 1.21 bits per heavy atom. The Labute approximate surface area is 78.4 Å². The van der Waals surface area contributed by atoms with Gasteiger partial charge in [0.15, 0.2) is 0 Å². The number of benzene rings is 1. The molecular formula is C9H6F2N2O. The molecule has 72 valence electrons. The van der Waals surface area contributed by atoms with Gasteiger partial charge in [-0.1, -0.05) is 0 Å². The average Bonchev–Trinajstić information content (AvgIpc) is 2.51. The molecule has 0 atom stereocenters. The fraction of sp³-hybridized carbons (Fsp3) is 0.111. The lowest BCUT2D eigenvalue weighted by molar-refractivity contribution is 0.524. The van der Waals surface area contributed by atoms with Gasteiger partial charge in [0.05, 0.1) is 5.56 Å². The summed E-state index contributed by atoms with van der Waals surface area (Å²) in [5.41, 5.74) is 0.104. The average molecular weight is 196 g/mol. The fourth-order valence-electron chi connectivity index (χ4n) is 1.07. The predicted octanol–water partition coefficient (Wildman–Crippen LogP) is 2.32. The topological polar surface area (TPSA) is 38.9 Å². The van der Waals surface area contributed by atoms with Crippen LogP contribution in [0, 0.1) is 18.6 Å². The van der Waals surface area contributed by atoms with Crippen molar-refractivity contribution < 1.29 is 13.2 Å². The van der Waals surface area contributed by atoms with Gasteiger partial charge in [0.1, 0.15) is 11.6 Å². The Kier molecular flexibility index (Phi) is 1.99. The number of rotatable bonds is 1. The van der Waals surface area contributed by atoms with Crippen LogP contribution in [0.2, 0.25) is 0 Å². The second kappa shape index (κ2) is 3.17. The summed E-state index contributed by atoms with van der Waals surface area (Å²) < 4.78 is 30.7. The summed E-state index contributed by atoms with van der Waals surface area (Å²) in [6, 6.07) is 3.17. The molecule has 0 N–H and O–H groups in total. The van der Waals surface area contributed by atoms with Crippen LogP contribution in [0.5, 0.6) is 0 Å². The highest BCUT2D eigenvalue weighted by atomic mass is 19.1. The van der Waals surface area contributed by atoms with Crippen LogP contribution in [-0.2, 0) is 0 Å². The quantitative estimate of drug-likeness (QED) is 0.702. The van der Waals surface area contributed by atoms with Crippen molar-refractivity contribution in [1.82, 2.24) is 10.2 Å². The van der Waals surface area contributed by atoms with E-state index < -0.39 is 11.6 Å². The molecule has 14 heavy (non-hydrogen) atoms. The van der Waals surface area contributed by atoms with Crippen molar-refractivity contribution in [3.8, 4) is 11.5 Å². The van der Waals surface area contributed by atoms with Crippen LogP contribution >= 0.6 is 0 Å². The van der Waals surface area contributed by atoms with E-state index in [9.17, 15) is 8.78 Å². The molecule has 3 nitrogen and oxygen atoms in total. The molecule has 2 aromatic rings. The smallest absolute Gasteiger partial charge is 0.250 e. The molecule has 0 aliphatic carbocycles. The summed E-state index contributed by atoms with van der Waals surface area (Å²) in [6.07, 6.45) is 0. The number of hydrogen-bond acceptors (Lipinski definition) is 3. The molecule has 0 saturated heterocycles. The normalized spacial score (nSPS) is 10.5. The summed E-state index contributed by atoms with van der Waals surface area (Å²) in [4.78, 5) is 0. The lowest BCUT2D eigenvalue weighted by atomic mass is 10.2. The zero-order chi connectivity index (χ0) is 10.1. The Hall–Kier alpha value is -1.78. The van der Waals surface area contributed by atoms with E-state index in [4.69, 9.17) is 4.42 Å². The number of halogens is 2. The summed E-state index contributed by atoms with van der Waals surface area (Å²) >= 11 is 0. The second-order valence-electron chi connectivity index (χ2n) is 2.75. The zero-order valence-corrected chi connectivity index (χ0v) is 7.29. The highest BCUT2D eigenvalue weighted by Gasteiger charge is 2.11. The van der Waals surface area contributed by atoms with Crippen molar-refractivity contribution in [3.05, 3.63) is 35.7 Å². The molecule has 0 bridgehead atoms. The van der Waals surface area contributed by atoms with E-state index in [-0.39, 0.29) is 11.5 Å². The minimum absolute atomic E-state index is 0.0556. The molecule has 0 saturated carbocycles. The Balaban J connectivity index is 2.52. The first kappa shape index (κ1) is 8.80. The highest BCUT2D eigenvalue weighted by Crippen LogP contribution is 2.21. The van der Waals surface area contributed by atoms with Crippen molar-refractivity contribution >= 4 is 0 Å². The second-order valence-corrected chi connectivity index (χ2v) is 2.75. The highest BCUT2D eigenvalue weighted by molar-refractivity contribution is 5.53. The van der Waals surface area contributed by atoms with Crippen molar-refractivity contribution in [1.29, 1.82) is 0 Å². The molecule has 0 aliphatic heterocycles. The number of nitrogens with zero attached hydrogens (tertiary/aromatic N) is 2. The first-order chi connectivity index (χ1) is 6.66. The molecule has 0 radical (unpaired) electrons. The third-order valence-corrected chi connectivity index (χ3v) is 1.69. The Morgan fingerprint density at radius 2 is 2.00 bits per heavy atom. The summed E-state index contributed by atoms with van der Waals surface area (Å²) in [7, 11) is 0. The van der Waals surface area contributed by atoms with Gasteiger partial charge in [-0.3, -0.25) is 0 Å². The van der Waals surface area contributed by atoms with Gasteiger partial charge in [0.2, 0.25) is 5.89 Å². The van der Waals surface area contributed by atoms with Gasteiger partial charge in [0.25, 0.3) is 5.89 Å². The lowest BCUT2D eigenvalue weighted by Crippen LogP contribution is -1.86. The predicted molar refractivity (Wildman–Crippen MR) is 44.4 cm³/mol. The zero-order valence-electron chi connectivity index (χ0n) is 7.29. The summed E-state index contributed by atoms with van der Waals surface area (Å²) in [6.45, 7) is 1.60. The Bertz CT molecular complexity index is 468. The van der Waals surface area contributed by atoms with E-state index in [0.29, 0.717) is 5.89 Å². The van der Waals surface area contributed by atoms with Gasteiger partial charge in [-0.2, -0.15) is 0 Å². The van der Waals surface area contributed by atoms with Crippen LogP contribution in [0.3, 0.4) is 0 Å². The van der Waals surface area contributed by atoms with E-state index in [2.05, 4.69) is 10.2 Å². The molecule has 1 heterocycles. The first-order valence-electron chi connectivity index (χ1n) is 3.92. The van der Waals surface area contributed by atoms with Gasteiger partial charge in [0, 0.05) is 13.0 Å². The minimum Gasteiger partial charge on any atom is -0.421 e. The van der Waals surface area contributed by atoms with Gasteiger partial charge in [-0.25, -0.2) is 8.78 Å². The van der Waals surface area contributed by atoms with Gasteiger partial charge >= 0.3 is 0 Å². The van der Waals surface area contributed by atoms with E-state index in [1.165, 1.54) is 6.07 Å². The number of aromatic nitrogens is 2. The van der Waals surface area contributed by atoms with Crippen LogP contribution in [0.15, 0.2) is 22.6 Å². The van der Waals surface area contributed by atoms with Crippen LogP contribution < -0.4 is 0 Å². The fourth-order valence-corrected chi connectivity index (χ4v) is 1.07. The first-order valence-corrected chi connectivity index (χ1v) is 3.92. The maximum atomic E-state index is 13.2. The monoisotopic (exact) mass is 196 g/mol. The maximum Gasteiger partial charge on any atom is 0.250 e. The number of aryl methyl sites for hydroxylation is 1. The third kappa shape index (κ3) is 1.48. The molecule has 1 aromatic heterocycles. The molecule has 0 unspecified atom stereocenters. The molecule has 2 rings (SSSR count). The van der Waals surface area contributed by atoms with E-state index in [1.807, 2.05) is 0 Å². The van der Waals surface area contributed by atoms with E-state index in [1.54, 1.807) is 6.92 Å². The van der Waals surface area contributed by atoms with E-state index >= 15 is 0 Å². The van der Waals surface area contributed by atoms with Crippen LogP contribution in [0.4, 0.5) is 8.78 Å². The largest absolute Gasteiger partial charge is 0.421 e. The van der Waals surface area contributed by atoms with Gasteiger partial charge in [-0.15, -0.1) is 10.2 Å². The van der Waals surface area contributed by atoms with Crippen molar-refractivity contribution in [2.75, 3.05) is 0 Å². The van der Waals surface area contributed by atoms with Crippen molar-refractivity contribution in [2.24, 2.45) is 0 Å². The van der Waals surface area contributed by atoms with Gasteiger partial charge < -0.3 is 4.42 Å². The molecule has 0 fully saturated rings. The van der Waals surface area contributed by atoms with Crippen molar-refractivity contribution in [3.63, 3.8) is 0 Å². The molecule has 1 aromatic carbocycles. The van der Waals surface area contributed by atoms with Gasteiger partial charge in [-0.05, 0) is 12.1 Å². The number of hydrogen-bond donors (Lipinski definition) is 0. The van der Waals surface area contributed by atoms with E-state index in [0.717, 1.165) is 12.1 Å². The third-order valence-electron chi connectivity index (χ3n) is 1.69. The SMILES string of the molecule is Cc1nnc(-c2ccc(F)cc2F)o1. The van der Waals surface area contributed by atoms with Crippen LogP contribution in [-0.4, -0.2) is 10.2 Å². The molecule has 0 amide bonds. The van der Waals surface area contributed by atoms with Crippen LogP contribution in [0.1, 0.15) is 5.89 Å².